The second-order valence-electron chi connectivity index (χ2n) is 5.01. The third-order valence-electron chi connectivity index (χ3n) is 3.21. The minimum absolute atomic E-state index is 0.389. The molecule has 0 bridgehead atoms. The minimum atomic E-state index is -3.09. The lowest BCUT2D eigenvalue weighted by molar-refractivity contribution is 0.199. The SMILES string of the molecule is C[C@H]1CN(Cc2ccc(S(C)(=O)=O)cc2)CCN1. The standard InChI is InChI=1S/C13H20N2O2S/c1-11-9-15(8-7-14-11)10-12-3-5-13(6-4-12)18(2,16)17/h3-6,11,14H,7-10H2,1-2H3/t11-/m0/s1. The van der Waals surface area contributed by atoms with Gasteiger partial charge in [-0.25, -0.2) is 8.42 Å². The lowest BCUT2D eigenvalue weighted by atomic mass is 10.1. The quantitative estimate of drug-likeness (QED) is 0.884. The first-order valence-corrected chi connectivity index (χ1v) is 8.09. The second kappa shape index (κ2) is 5.38. The van der Waals surface area contributed by atoms with Crippen LogP contribution in [0.25, 0.3) is 0 Å². The number of piperazine rings is 1. The minimum Gasteiger partial charge on any atom is -0.312 e. The number of sulfone groups is 1. The number of nitrogens with one attached hydrogen (secondary N) is 1. The van der Waals surface area contributed by atoms with E-state index in [9.17, 15) is 8.42 Å². The van der Waals surface area contributed by atoms with Crippen LogP contribution in [0.3, 0.4) is 0 Å². The maximum atomic E-state index is 11.4. The Labute approximate surface area is 109 Å². The van der Waals surface area contributed by atoms with Crippen molar-refractivity contribution in [2.24, 2.45) is 0 Å². The molecule has 1 fully saturated rings. The molecule has 2 rings (SSSR count). The Kier molecular flexibility index (Phi) is 4.04. The van der Waals surface area contributed by atoms with Crippen molar-refractivity contribution in [3.63, 3.8) is 0 Å². The molecule has 0 amide bonds. The number of hydrogen-bond donors (Lipinski definition) is 1. The zero-order valence-electron chi connectivity index (χ0n) is 10.9. The molecule has 0 saturated carbocycles. The fraction of sp³-hybridized carbons (Fsp3) is 0.538. The fourth-order valence-electron chi connectivity index (χ4n) is 2.26. The van der Waals surface area contributed by atoms with E-state index in [1.165, 1.54) is 6.26 Å². The molecule has 0 aromatic heterocycles. The van der Waals surface area contributed by atoms with E-state index >= 15 is 0 Å². The monoisotopic (exact) mass is 268 g/mol. The molecular formula is C13H20N2O2S. The van der Waals surface area contributed by atoms with Crippen LogP contribution in [-0.2, 0) is 16.4 Å². The molecule has 1 aromatic rings. The number of benzene rings is 1. The Morgan fingerprint density at radius 1 is 1.33 bits per heavy atom. The molecule has 1 aliphatic rings. The van der Waals surface area contributed by atoms with Crippen LogP contribution in [-0.4, -0.2) is 45.2 Å². The van der Waals surface area contributed by atoms with Gasteiger partial charge in [-0.15, -0.1) is 0 Å². The van der Waals surface area contributed by atoms with Gasteiger partial charge in [-0.3, -0.25) is 4.90 Å². The van der Waals surface area contributed by atoms with Gasteiger partial charge < -0.3 is 5.32 Å². The van der Waals surface area contributed by atoms with Crippen LogP contribution >= 0.6 is 0 Å². The first-order chi connectivity index (χ1) is 8.45. The summed E-state index contributed by atoms with van der Waals surface area (Å²) >= 11 is 0. The van der Waals surface area contributed by atoms with Gasteiger partial charge in [0.15, 0.2) is 9.84 Å². The summed E-state index contributed by atoms with van der Waals surface area (Å²) in [4.78, 5) is 2.77. The van der Waals surface area contributed by atoms with E-state index in [1.807, 2.05) is 12.1 Å². The summed E-state index contributed by atoms with van der Waals surface area (Å²) in [7, 11) is -3.09. The van der Waals surface area contributed by atoms with Gasteiger partial charge in [-0.2, -0.15) is 0 Å². The molecule has 1 atom stereocenters. The van der Waals surface area contributed by atoms with Crippen LogP contribution in [0.1, 0.15) is 12.5 Å². The molecule has 0 aliphatic carbocycles. The van der Waals surface area contributed by atoms with E-state index in [-0.39, 0.29) is 0 Å². The van der Waals surface area contributed by atoms with Crippen molar-refractivity contribution >= 4 is 9.84 Å². The molecule has 1 aliphatic heterocycles. The summed E-state index contributed by atoms with van der Waals surface area (Å²) in [6.45, 7) is 6.16. The van der Waals surface area contributed by atoms with Gasteiger partial charge in [0, 0.05) is 38.5 Å². The highest BCUT2D eigenvalue weighted by atomic mass is 32.2. The highest BCUT2D eigenvalue weighted by molar-refractivity contribution is 7.90. The lowest BCUT2D eigenvalue weighted by Gasteiger charge is -2.31. The van der Waals surface area contributed by atoms with Crippen molar-refractivity contribution in [2.75, 3.05) is 25.9 Å². The van der Waals surface area contributed by atoms with E-state index in [2.05, 4.69) is 17.1 Å². The zero-order valence-corrected chi connectivity index (χ0v) is 11.7. The summed E-state index contributed by atoms with van der Waals surface area (Å²) in [5.74, 6) is 0. The van der Waals surface area contributed by atoms with Gasteiger partial charge in [-0.05, 0) is 24.6 Å². The maximum absolute atomic E-state index is 11.4. The van der Waals surface area contributed by atoms with Gasteiger partial charge in [-0.1, -0.05) is 12.1 Å². The predicted octanol–water partition coefficient (Wildman–Crippen LogP) is 0.884. The molecule has 1 aromatic carbocycles. The van der Waals surface area contributed by atoms with Gasteiger partial charge in [0.1, 0.15) is 0 Å². The van der Waals surface area contributed by atoms with Gasteiger partial charge in [0.25, 0.3) is 0 Å². The van der Waals surface area contributed by atoms with Crippen molar-refractivity contribution in [3.8, 4) is 0 Å². The van der Waals surface area contributed by atoms with Crippen LogP contribution in [0.4, 0.5) is 0 Å². The van der Waals surface area contributed by atoms with Crippen LogP contribution in [0, 0.1) is 0 Å². The summed E-state index contributed by atoms with van der Waals surface area (Å²) in [6.07, 6.45) is 1.24. The Hall–Kier alpha value is -0.910. The third kappa shape index (κ3) is 3.54. The van der Waals surface area contributed by atoms with E-state index in [0.717, 1.165) is 31.7 Å². The molecule has 18 heavy (non-hydrogen) atoms. The van der Waals surface area contributed by atoms with Crippen molar-refractivity contribution in [3.05, 3.63) is 29.8 Å². The average Bonchev–Trinajstić information content (AvgIpc) is 2.28. The Morgan fingerprint density at radius 2 is 2.00 bits per heavy atom. The van der Waals surface area contributed by atoms with Crippen molar-refractivity contribution < 1.29 is 8.42 Å². The van der Waals surface area contributed by atoms with E-state index in [1.54, 1.807) is 12.1 Å². The molecule has 0 unspecified atom stereocenters. The molecule has 5 heteroatoms. The normalized spacial score (nSPS) is 22.0. The van der Waals surface area contributed by atoms with E-state index < -0.39 is 9.84 Å². The molecule has 0 spiro atoms. The van der Waals surface area contributed by atoms with Crippen molar-refractivity contribution in [1.82, 2.24) is 10.2 Å². The molecule has 1 saturated heterocycles. The first kappa shape index (κ1) is 13.5. The average molecular weight is 268 g/mol. The first-order valence-electron chi connectivity index (χ1n) is 6.20. The smallest absolute Gasteiger partial charge is 0.175 e. The molecule has 1 N–H and O–H groups in total. The van der Waals surface area contributed by atoms with E-state index in [0.29, 0.717) is 10.9 Å². The largest absolute Gasteiger partial charge is 0.312 e. The lowest BCUT2D eigenvalue weighted by Crippen LogP contribution is -2.48. The highest BCUT2D eigenvalue weighted by Crippen LogP contribution is 2.12. The molecule has 0 radical (unpaired) electrons. The highest BCUT2D eigenvalue weighted by Gasteiger charge is 2.15. The number of hydrogen-bond acceptors (Lipinski definition) is 4. The summed E-state index contributed by atoms with van der Waals surface area (Å²) in [6, 6.07) is 7.72. The Bertz CT molecular complexity index is 496. The van der Waals surface area contributed by atoms with Crippen molar-refractivity contribution in [2.45, 2.75) is 24.4 Å². The summed E-state index contributed by atoms with van der Waals surface area (Å²) in [5.41, 5.74) is 1.16. The topological polar surface area (TPSA) is 49.4 Å². The summed E-state index contributed by atoms with van der Waals surface area (Å²) in [5, 5.41) is 3.41. The van der Waals surface area contributed by atoms with Crippen LogP contribution in [0.5, 0.6) is 0 Å². The van der Waals surface area contributed by atoms with Crippen LogP contribution in [0.15, 0.2) is 29.2 Å². The molecule has 4 nitrogen and oxygen atoms in total. The fourth-order valence-corrected chi connectivity index (χ4v) is 2.89. The number of rotatable bonds is 3. The molecule has 1 heterocycles. The summed E-state index contributed by atoms with van der Waals surface area (Å²) < 4.78 is 22.7. The maximum Gasteiger partial charge on any atom is 0.175 e. The van der Waals surface area contributed by atoms with Crippen molar-refractivity contribution in [1.29, 1.82) is 0 Å². The second-order valence-corrected chi connectivity index (χ2v) is 7.02. The predicted molar refractivity (Wildman–Crippen MR) is 72.3 cm³/mol. The molecule has 100 valence electrons. The van der Waals surface area contributed by atoms with Crippen LogP contribution in [0.2, 0.25) is 0 Å². The van der Waals surface area contributed by atoms with Crippen LogP contribution < -0.4 is 5.32 Å². The Morgan fingerprint density at radius 3 is 2.56 bits per heavy atom. The third-order valence-corrected chi connectivity index (χ3v) is 4.34. The zero-order chi connectivity index (χ0) is 13.2. The molecular weight excluding hydrogens is 248 g/mol. The Balaban J connectivity index is 2.02. The van der Waals surface area contributed by atoms with Gasteiger partial charge >= 0.3 is 0 Å². The van der Waals surface area contributed by atoms with E-state index in [4.69, 9.17) is 0 Å². The number of nitrogens with zero attached hydrogens (tertiary/aromatic N) is 1. The van der Waals surface area contributed by atoms with Gasteiger partial charge in [0.2, 0.25) is 0 Å². The van der Waals surface area contributed by atoms with Gasteiger partial charge in [0.05, 0.1) is 4.90 Å².